The Morgan fingerprint density at radius 3 is 2.53 bits per heavy atom. The molecule has 0 aromatic heterocycles. The van der Waals surface area contributed by atoms with Crippen LogP contribution in [0.3, 0.4) is 0 Å². The summed E-state index contributed by atoms with van der Waals surface area (Å²) in [7, 11) is 0. The third kappa shape index (κ3) is 3.62. The molecule has 1 unspecified atom stereocenters. The summed E-state index contributed by atoms with van der Waals surface area (Å²) in [5.74, 6) is 0.636. The third-order valence-electron chi connectivity index (χ3n) is 2.59. The molecule has 84 valence electrons. The van der Waals surface area contributed by atoms with E-state index in [1.807, 2.05) is 0 Å². The molecule has 0 radical (unpaired) electrons. The van der Waals surface area contributed by atoms with Crippen LogP contribution in [0.25, 0.3) is 0 Å². The normalized spacial score (nSPS) is 13.2. The molecule has 1 rings (SSSR count). The zero-order valence-corrected chi connectivity index (χ0v) is 11.3. The fourth-order valence-corrected chi connectivity index (χ4v) is 2.27. The van der Waals surface area contributed by atoms with Crippen LogP contribution in [0.15, 0.2) is 22.7 Å². The SMILES string of the molecule is CCc1ccc(Br)c(C(N)CC(C)C)c1. The minimum atomic E-state index is 0.144. The first-order chi connectivity index (χ1) is 7.04. The molecule has 1 aromatic rings. The highest BCUT2D eigenvalue weighted by Crippen LogP contribution is 2.27. The van der Waals surface area contributed by atoms with E-state index in [9.17, 15) is 0 Å². The van der Waals surface area contributed by atoms with Crippen molar-refractivity contribution in [2.24, 2.45) is 11.7 Å². The second-order valence-corrected chi connectivity index (χ2v) is 5.30. The smallest absolute Gasteiger partial charge is 0.0308 e. The fraction of sp³-hybridized carbons (Fsp3) is 0.538. The summed E-state index contributed by atoms with van der Waals surface area (Å²) >= 11 is 3.57. The number of benzene rings is 1. The summed E-state index contributed by atoms with van der Waals surface area (Å²) < 4.78 is 1.13. The van der Waals surface area contributed by atoms with E-state index >= 15 is 0 Å². The van der Waals surface area contributed by atoms with Crippen molar-refractivity contribution in [3.8, 4) is 0 Å². The zero-order valence-electron chi connectivity index (χ0n) is 9.76. The summed E-state index contributed by atoms with van der Waals surface area (Å²) in [5.41, 5.74) is 8.78. The van der Waals surface area contributed by atoms with Crippen molar-refractivity contribution in [2.45, 2.75) is 39.7 Å². The lowest BCUT2D eigenvalue weighted by Gasteiger charge is -2.17. The molecule has 0 heterocycles. The summed E-state index contributed by atoms with van der Waals surface area (Å²) in [5, 5.41) is 0. The first-order valence-corrected chi connectivity index (χ1v) is 6.37. The number of aryl methyl sites for hydroxylation is 1. The highest BCUT2D eigenvalue weighted by Gasteiger charge is 2.11. The van der Waals surface area contributed by atoms with Crippen LogP contribution in [0.4, 0.5) is 0 Å². The lowest BCUT2D eigenvalue weighted by atomic mass is 9.96. The minimum absolute atomic E-state index is 0.144. The third-order valence-corrected chi connectivity index (χ3v) is 3.32. The maximum Gasteiger partial charge on any atom is 0.0308 e. The van der Waals surface area contributed by atoms with Gasteiger partial charge in [0.05, 0.1) is 0 Å². The number of hydrogen-bond donors (Lipinski definition) is 1. The molecule has 1 aromatic carbocycles. The van der Waals surface area contributed by atoms with Crippen LogP contribution in [0.1, 0.15) is 44.4 Å². The van der Waals surface area contributed by atoms with Gasteiger partial charge in [-0.25, -0.2) is 0 Å². The molecule has 0 fully saturated rings. The lowest BCUT2D eigenvalue weighted by Crippen LogP contribution is -2.13. The Morgan fingerprint density at radius 2 is 2.00 bits per heavy atom. The van der Waals surface area contributed by atoms with Gasteiger partial charge < -0.3 is 5.73 Å². The second kappa shape index (κ2) is 5.66. The van der Waals surface area contributed by atoms with Gasteiger partial charge >= 0.3 is 0 Å². The van der Waals surface area contributed by atoms with Gasteiger partial charge in [-0.1, -0.05) is 48.8 Å². The first-order valence-electron chi connectivity index (χ1n) is 5.58. The fourth-order valence-electron chi connectivity index (χ4n) is 1.73. The van der Waals surface area contributed by atoms with E-state index in [0.717, 1.165) is 17.3 Å². The highest BCUT2D eigenvalue weighted by molar-refractivity contribution is 9.10. The van der Waals surface area contributed by atoms with Crippen LogP contribution in [0.2, 0.25) is 0 Å². The number of hydrogen-bond acceptors (Lipinski definition) is 1. The zero-order chi connectivity index (χ0) is 11.4. The molecular weight excluding hydrogens is 250 g/mol. The van der Waals surface area contributed by atoms with Crippen molar-refractivity contribution in [2.75, 3.05) is 0 Å². The van der Waals surface area contributed by atoms with Crippen LogP contribution in [0.5, 0.6) is 0 Å². The Hall–Kier alpha value is -0.340. The summed E-state index contributed by atoms with van der Waals surface area (Å²) in [6.45, 7) is 6.58. The molecule has 2 N–H and O–H groups in total. The van der Waals surface area contributed by atoms with Gasteiger partial charge in [-0.05, 0) is 36.0 Å². The van der Waals surface area contributed by atoms with Crippen LogP contribution in [-0.4, -0.2) is 0 Å². The van der Waals surface area contributed by atoms with Gasteiger partial charge in [-0.15, -0.1) is 0 Å². The molecule has 1 atom stereocenters. The van der Waals surface area contributed by atoms with Gasteiger partial charge in [-0.2, -0.15) is 0 Å². The molecule has 0 bridgehead atoms. The first kappa shape index (κ1) is 12.7. The predicted octanol–water partition coefficient (Wildman–Crippen LogP) is 4.06. The number of halogens is 1. The molecule has 2 heteroatoms. The molecule has 0 aliphatic carbocycles. The lowest BCUT2D eigenvalue weighted by molar-refractivity contribution is 0.508. The summed E-state index contributed by atoms with van der Waals surface area (Å²) in [4.78, 5) is 0. The van der Waals surface area contributed by atoms with Gasteiger partial charge in [0.15, 0.2) is 0 Å². The molecule has 0 saturated carbocycles. The predicted molar refractivity (Wildman–Crippen MR) is 69.9 cm³/mol. The Labute approximate surface area is 101 Å². The molecule has 0 saturated heterocycles. The van der Waals surface area contributed by atoms with Crippen molar-refractivity contribution < 1.29 is 0 Å². The van der Waals surface area contributed by atoms with Crippen LogP contribution < -0.4 is 5.73 Å². The number of nitrogens with two attached hydrogens (primary N) is 1. The van der Waals surface area contributed by atoms with Crippen molar-refractivity contribution in [3.63, 3.8) is 0 Å². The summed E-state index contributed by atoms with van der Waals surface area (Å²) in [6.07, 6.45) is 2.10. The average Bonchev–Trinajstić information content (AvgIpc) is 2.17. The molecular formula is C13H20BrN. The Bertz CT molecular complexity index is 320. The minimum Gasteiger partial charge on any atom is -0.324 e. The Balaban J connectivity index is 2.91. The van der Waals surface area contributed by atoms with Gasteiger partial charge in [0.1, 0.15) is 0 Å². The van der Waals surface area contributed by atoms with Crippen molar-refractivity contribution in [3.05, 3.63) is 33.8 Å². The quantitative estimate of drug-likeness (QED) is 0.877. The molecule has 1 nitrogen and oxygen atoms in total. The van der Waals surface area contributed by atoms with E-state index in [0.29, 0.717) is 5.92 Å². The largest absolute Gasteiger partial charge is 0.324 e. The van der Waals surface area contributed by atoms with Crippen LogP contribution in [0, 0.1) is 5.92 Å². The van der Waals surface area contributed by atoms with Gasteiger partial charge in [0, 0.05) is 10.5 Å². The second-order valence-electron chi connectivity index (χ2n) is 4.45. The van der Waals surface area contributed by atoms with E-state index in [2.05, 4.69) is 54.9 Å². The van der Waals surface area contributed by atoms with E-state index in [1.165, 1.54) is 11.1 Å². The molecule has 15 heavy (non-hydrogen) atoms. The van der Waals surface area contributed by atoms with Crippen molar-refractivity contribution >= 4 is 15.9 Å². The van der Waals surface area contributed by atoms with E-state index in [-0.39, 0.29) is 6.04 Å². The van der Waals surface area contributed by atoms with E-state index < -0.39 is 0 Å². The maximum atomic E-state index is 6.19. The standard InChI is InChI=1S/C13H20BrN/c1-4-10-5-6-12(14)11(8-10)13(15)7-9(2)3/h5-6,8-9,13H,4,7,15H2,1-3H3. The summed E-state index contributed by atoms with van der Waals surface area (Å²) in [6, 6.07) is 6.62. The van der Waals surface area contributed by atoms with Gasteiger partial charge in [0.2, 0.25) is 0 Å². The molecule has 0 spiro atoms. The van der Waals surface area contributed by atoms with E-state index in [1.54, 1.807) is 0 Å². The molecule has 0 aliphatic heterocycles. The Kier molecular flexibility index (Phi) is 4.81. The maximum absolute atomic E-state index is 6.19. The van der Waals surface area contributed by atoms with E-state index in [4.69, 9.17) is 5.73 Å². The Morgan fingerprint density at radius 1 is 1.33 bits per heavy atom. The monoisotopic (exact) mass is 269 g/mol. The van der Waals surface area contributed by atoms with Crippen molar-refractivity contribution in [1.82, 2.24) is 0 Å². The molecule has 0 amide bonds. The topological polar surface area (TPSA) is 26.0 Å². The molecule has 0 aliphatic rings. The van der Waals surface area contributed by atoms with Crippen LogP contribution in [-0.2, 0) is 6.42 Å². The van der Waals surface area contributed by atoms with Crippen molar-refractivity contribution in [1.29, 1.82) is 0 Å². The average molecular weight is 270 g/mol. The van der Waals surface area contributed by atoms with Gasteiger partial charge in [0.25, 0.3) is 0 Å². The van der Waals surface area contributed by atoms with Crippen LogP contribution >= 0.6 is 15.9 Å². The van der Waals surface area contributed by atoms with Gasteiger partial charge in [-0.3, -0.25) is 0 Å². The highest BCUT2D eigenvalue weighted by atomic mass is 79.9. The number of rotatable bonds is 4.